The minimum atomic E-state index is -0.980. The first-order valence-electron chi connectivity index (χ1n) is 6.20. The predicted molar refractivity (Wildman–Crippen MR) is 78.3 cm³/mol. The lowest BCUT2D eigenvalue weighted by molar-refractivity contribution is 0.0692. The summed E-state index contributed by atoms with van der Waals surface area (Å²) in [7, 11) is 0. The monoisotopic (exact) mass is 288 g/mol. The van der Waals surface area contributed by atoms with E-state index in [9.17, 15) is 4.79 Å². The molecular formula is C15H16N2O2S. The van der Waals surface area contributed by atoms with Gasteiger partial charge in [-0.25, -0.2) is 14.8 Å². The molecule has 0 aliphatic heterocycles. The van der Waals surface area contributed by atoms with Crippen LogP contribution in [-0.4, -0.2) is 21.0 Å². The molecule has 0 saturated carbocycles. The number of pyridine rings is 2. The van der Waals surface area contributed by atoms with E-state index in [0.29, 0.717) is 5.03 Å². The molecule has 2 rings (SSSR count). The fourth-order valence-corrected chi connectivity index (χ4v) is 2.44. The topological polar surface area (TPSA) is 63.1 Å². The molecule has 2 heterocycles. The number of rotatable bonds is 3. The van der Waals surface area contributed by atoms with Crippen LogP contribution in [0.2, 0.25) is 0 Å². The summed E-state index contributed by atoms with van der Waals surface area (Å²) >= 11 is 1.26. The number of carboxylic acids is 1. The second-order valence-electron chi connectivity index (χ2n) is 5.40. The summed E-state index contributed by atoms with van der Waals surface area (Å²) in [6.07, 6.45) is 3.41. The van der Waals surface area contributed by atoms with Crippen molar-refractivity contribution >= 4 is 17.7 Å². The highest BCUT2D eigenvalue weighted by Crippen LogP contribution is 2.29. The fourth-order valence-electron chi connectivity index (χ4n) is 1.62. The van der Waals surface area contributed by atoms with Gasteiger partial charge in [0.25, 0.3) is 0 Å². The molecule has 0 bridgehead atoms. The van der Waals surface area contributed by atoms with Crippen LogP contribution in [0.4, 0.5) is 0 Å². The van der Waals surface area contributed by atoms with Crippen molar-refractivity contribution in [2.45, 2.75) is 36.2 Å². The molecule has 1 N–H and O–H groups in total. The summed E-state index contributed by atoms with van der Waals surface area (Å²) in [6.45, 7) is 6.37. The van der Waals surface area contributed by atoms with Gasteiger partial charge in [0.15, 0.2) is 0 Å². The van der Waals surface area contributed by atoms with Crippen LogP contribution in [0.1, 0.15) is 36.7 Å². The summed E-state index contributed by atoms with van der Waals surface area (Å²) in [5, 5.41) is 10.3. The van der Waals surface area contributed by atoms with E-state index in [4.69, 9.17) is 5.11 Å². The SMILES string of the molecule is CC(C)(C)c1ccc(Sc2ncccc2C(=O)O)nc1. The van der Waals surface area contributed by atoms with Gasteiger partial charge in [-0.3, -0.25) is 0 Å². The Bertz CT molecular complexity index is 619. The molecule has 0 unspecified atom stereocenters. The van der Waals surface area contributed by atoms with Gasteiger partial charge in [-0.2, -0.15) is 0 Å². The molecule has 0 aliphatic rings. The lowest BCUT2D eigenvalue weighted by Gasteiger charge is -2.18. The van der Waals surface area contributed by atoms with Crippen LogP contribution in [-0.2, 0) is 5.41 Å². The second-order valence-corrected chi connectivity index (χ2v) is 6.41. The fraction of sp³-hybridized carbons (Fsp3) is 0.267. The average Bonchev–Trinajstić information content (AvgIpc) is 2.38. The van der Waals surface area contributed by atoms with Gasteiger partial charge in [0.05, 0.1) is 5.56 Å². The third kappa shape index (κ3) is 3.36. The van der Waals surface area contributed by atoms with Crippen LogP contribution < -0.4 is 0 Å². The highest BCUT2D eigenvalue weighted by atomic mass is 32.2. The molecule has 0 atom stereocenters. The predicted octanol–water partition coefficient (Wildman–Crippen LogP) is 3.62. The molecule has 104 valence electrons. The first-order valence-corrected chi connectivity index (χ1v) is 7.02. The van der Waals surface area contributed by atoms with E-state index in [2.05, 4.69) is 30.7 Å². The van der Waals surface area contributed by atoms with Gasteiger partial charge in [-0.15, -0.1) is 0 Å². The summed E-state index contributed by atoms with van der Waals surface area (Å²) in [5.41, 5.74) is 1.38. The van der Waals surface area contributed by atoms with Gasteiger partial charge in [-0.05, 0) is 40.9 Å². The van der Waals surface area contributed by atoms with Crippen molar-refractivity contribution in [2.24, 2.45) is 0 Å². The van der Waals surface area contributed by atoms with Crippen LogP contribution in [0.3, 0.4) is 0 Å². The highest BCUT2D eigenvalue weighted by Gasteiger charge is 2.15. The van der Waals surface area contributed by atoms with Crippen molar-refractivity contribution in [3.05, 3.63) is 47.8 Å². The molecule has 0 radical (unpaired) electrons. The number of aromatic nitrogens is 2. The van der Waals surface area contributed by atoms with Gasteiger partial charge < -0.3 is 5.11 Å². The zero-order valence-electron chi connectivity index (χ0n) is 11.6. The number of carboxylic acid groups (broad SMARTS) is 1. The van der Waals surface area contributed by atoms with Crippen molar-refractivity contribution in [2.75, 3.05) is 0 Å². The van der Waals surface area contributed by atoms with E-state index in [1.807, 2.05) is 18.3 Å². The summed E-state index contributed by atoms with van der Waals surface area (Å²) in [5.74, 6) is -0.980. The number of aromatic carboxylic acids is 1. The number of carbonyl (C=O) groups is 1. The summed E-state index contributed by atoms with van der Waals surface area (Å²) in [6, 6.07) is 7.06. The Hall–Kier alpha value is -1.88. The third-order valence-electron chi connectivity index (χ3n) is 2.81. The Morgan fingerprint density at radius 2 is 1.95 bits per heavy atom. The van der Waals surface area contributed by atoms with E-state index in [-0.39, 0.29) is 11.0 Å². The van der Waals surface area contributed by atoms with Gasteiger partial charge >= 0.3 is 5.97 Å². The van der Waals surface area contributed by atoms with Crippen LogP contribution in [0.5, 0.6) is 0 Å². The van der Waals surface area contributed by atoms with Gasteiger partial charge in [0.1, 0.15) is 10.1 Å². The molecule has 0 fully saturated rings. The van der Waals surface area contributed by atoms with E-state index in [1.54, 1.807) is 18.3 Å². The van der Waals surface area contributed by atoms with E-state index < -0.39 is 5.97 Å². The smallest absolute Gasteiger partial charge is 0.338 e. The molecule has 4 nitrogen and oxygen atoms in total. The van der Waals surface area contributed by atoms with E-state index in [1.165, 1.54) is 11.8 Å². The molecule has 0 amide bonds. The summed E-state index contributed by atoms with van der Waals surface area (Å²) < 4.78 is 0. The molecule has 0 aromatic carbocycles. The van der Waals surface area contributed by atoms with Crippen molar-refractivity contribution in [1.82, 2.24) is 9.97 Å². The maximum atomic E-state index is 11.1. The van der Waals surface area contributed by atoms with Crippen LogP contribution >= 0.6 is 11.8 Å². The molecule has 2 aromatic rings. The van der Waals surface area contributed by atoms with Crippen LogP contribution in [0, 0.1) is 0 Å². The number of nitrogens with zero attached hydrogens (tertiary/aromatic N) is 2. The number of hydrogen-bond donors (Lipinski definition) is 1. The van der Waals surface area contributed by atoms with Gasteiger partial charge in [0, 0.05) is 12.4 Å². The van der Waals surface area contributed by atoms with Crippen molar-refractivity contribution < 1.29 is 9.90 Å². The largest absolute Gasteiger partial charge is 0.478 e. The molecule has 2 aromatic heterocycles. The van der Waals surface area contributed by atoms with E-state index >= 15 is 0 Å². The van der Waals surface area contributed by atoms with Crippen LogP contribution in [0.25, 0.3) is 0 Å². The van der Waals surface area contributed by atoms with Crippen molar-refractivity contribution in [3.63, 3.8) is 0 Å². The molecule has 0 saturated heterocycles. The Kier molecular flexibility index (Phi) is 4.09. The minimum absolute atomic E-state index is 0.0490. The molecule has 20 heavy (non-hydrogen) atoms. The van der Waals surface area contributed by atoms with E-state index in [0.717, 1.165) is 10.6 Å². The molecule has 0 spiro atoms. The quantitative estimate of drug-likeness (QED) is 0.934. The lowest BCUT2D eigenvalue weighted by Crippen LogP contribution is -2.11. The minimum Gasteiger partial charge on any atom is -0.478 e. The Labute approximate surface area is 122 Å². The molecular weight excluding hydrogens is 272 g/mol. The Morgan fingerprint density at radius 1 is 1.20 bits per heavy atom. The highest BCUT2D eigenvalue weighted by molar-refractivity contribution is 7.99. The van der Waals surface area contributed by atoms with Crippen molar-refractivity contribution in [3.8, 4) is 0 Å². The first-order chi connectivity index (χ1) is 9.38. The lowest BCUT2D eigenvalue weighted by atomic mass is 9.88. The maximum absolute atomic E-state index is 11.1. The Morgan fingerprint density at radius 3 is 2.50 bits per heavy atom. The molecule has 0 aliphatic carbocycles. The van der Waals surface area contributed by atoms with Crippen molar-refractivity contribution in [1.29, 1.82) is 0 Å². The summed E-state index contributed by atoms with van der Waals surface area (Å²) in [4.78, 5) is 19.6. The third-order valence-corrected chi connectivity index (χ3v) is 3.77. The maximum Gasteiger partial charge on any atom is 0.338 e. The molecule has 5 heteroatoms. The van der Waals surface area contributed by atoms with Gasteiger partial charge in [0.2, 0.25) is 0 Å². The zero-order chi connectivity index (χ0) is 14.8. The Balaban J connectivity index is 2.25. The normalized spacial score (nSPS) is 11.3. The second kappa shape index (κ2) is 5.63. The standard InChI is InChI=1S/C15H16N2O2S/c1-15(2,3)10-6-7-12(17-9-10)20-13-11(14(18)19)5-4-8-16-13/h4-9H,1-3H3,(H,18,19). The first kappa shape index (κ1) is 14.5. The van der Waals surface area contributed by atoms with Gasteiger partial charge in [-0.1, -0.05) is 26.8 Å². The van der Waals surface area contributed by atoms with Crippen LogP contribution in [0.15, 0.2) is 46.7 Å². The average molecular weight is 288 g/mol. The number of hydrogen-bond acceptors (Lipinski definition) is 4. The zero-order valence-corrected chi connectivity index (χ0v) is 12.4.